The Bertz CT molecular complexity index is 443. The molecule has 23 heavy (non-hydrogen) atoms. The molecular weight excluding hydrogens is 316 g/mol. The first-order valence-electron chi connectivity index (χ1n) is 8.74. The van der Waals surface area contributed by atoms with Crippen LogP contribution in [-0.2, 0) is 36.6 Å². The largest absolute Gasteiger partial charge is 0.184 e. The fraction of sp³-hybridized carbons (Fsp3) is 0.455. The van der Waals surface area contributed by atoms with Crippen LogP contribution in [0.5, 0.6) is 0 Å². The molecule has 0 bridgehead atoms. The Morgan fingerprint density at radius 2 is 1.22 bits per heavy atom. The molecule has 0 atom stereocenters. The van der Waals surface area contributed by atoms with Gasteiger partial charge in [-0.3, -0.25) is 0 Å². The van der Waals surface area contributed by atoms with E-state index in [1.807, 2.05) is 12.1 Å². The van der Waals surface area contributed by atoms with Crippen molar-refractivity contribution in [2.75, 3.05) is 0 Å². The number of benzene rings is 2. The zero-order valence-corrected chi connectivity index (χ0v) is 16.8. The van der Waals surface area contributed by atoms with Crippen molar-refractivity contribution in [1.82, 2.24) is 0 Å². The summed E-state index contributed by atoms with van der Waals surface area (Å²) in [6.07, 6.45) is 5.96. The average molecular weight is 350 g/mol. The van der Waals surface area contributed by atoms with Crippen LogP contribution < -0.4 is 0 Å². The Hall–Kier alpha value is -1.03. The molecule has 0 unspecified atom stereocenters. The van der Waals surface area contributed by atoms with Gasteiger partial charge in [0.05, 0.1) is 0 Å². The fourth-order valence-electron chi connectivity index (χ4n) is 1.95. The van der Waals surface area contributed by atoms with E-state index in [4.69, 9.17) is 0 Å². The second kappa shape index (κ2) is 17.3. The SMILES string of the molecule is CCC.CCCc1cc[c-]cc1.CCc1cccc(CC)c1.[Cr]. The maximum Gasteiger partial charge on any atom is 0 e. The fourth-order valence-corrected chi connectivity index (χ4v) is 1.95. The first-order valence-corrected chi connectivity index (χ1v) is 8.74. The van der Waals surface area contributed by atoms with Crippen molar-refractivity contribution in [1.29, 1.82) is 0 Å². The van der Waals surface area contributed by atoms with Gasteiger partial charge < -0.3 is 0 Å². The van der Waals surface area contributed by atoms with E-state index < -0.39 is 0 Å². The third kappa shape index (κ3) is 13.1. The summed E-state index contributed by atoms with van der Waals surface area (Å²) in [5.74, 6) is 0. The Kier molecular flexibility index (Phi) is 18.3. The Morgan fingerprint density at radius 3 is 1.61 bits per heavy atom. The molecule has 1 heteroatoms. The van der Waals surface area contributed by atoms with Crippen LogP contribution >= 0.6 is 0 Å². The number of rotatable bonds is 4. The van der Waals surface area contributed by atoms with Gasteiger partial charge in [-0.15, -0.1) is 0 Å². The molecular formula is C22H33Cr-. The van der Waals surface area contributed by atoms with Crippen molar-refractivity contribution in [2.45, 2.75) is 66.7 Å². The summed E-state index contributed by atoms with van der Waals surface area (Å²) in [6.45, 7) is 10.8. The van der Waals surface area contributed by atoms with Crippen molar-refractivity contribution in [3.05, 3.63) is 71.3 Å². The van der Waals surface area contributed by atoms with E-state index in [-0.39, 0.29) is 17.4 Å². The van der Waals surface area contributed by atoms with Crippen molar-refractivity contribution in [3.8, 4) is 0 Å². The van der Waals surface area contributed by atoms with Gasteiger partial charge in [0.25, 0.3) is 0 Å². The van der Waals surface area contributed by atoms with Gasteiger partial charge in [-0.25, -0.2) is 0 Å². The van der Waals surface area contributed by atoms with Gasteiger partial charge in [-0.1, -0.05) is 78.1 Å². The molecule has 0 saturated heterocycles. The molecule has 0 aliphatic carbocycles. The Morgan fingerprint density at radius 1 is 0.739 bits per heavy atom. The molecule has 2 aromatic carbocycles. The second-order valence-electron chi connectivity index (χ2n) is 5.39. The van der Waals surface area contributed by atoms with Crippen LogP contribution in [0, 0.1) is 6.07 Å². The molecule has 0 spiro atoms. The summed E-state index contributed by atoms with van der Waals surface area (Å²) in [6, 6.07) is 19.9. The number of hydrogen-bond donors (Lipinski definition) is 0. The maximum atomic E-state index is 2.99. The summed E-state index contributed by atoms with van der Waals surface area (Å²) in [5, 5.41) is 0. The van der Waals surface area contributed by atoms with Crippen molar-refractivity contribution >= 4 is 0 Å². The molecule has 0 aliphatic rings. The standard InChI is InChI=1S/C10H14.C9H11.C3H8.Cr/c1-3-9-6-5-7-10(4-2)8-9;1-2-6-9-7-4-3-5-8-9;1-3-2;/h5-8H,3-4H2,1-2H3;4-5,7-8H,2,6H2,1H3;3H2,1-2H3;/q;-1;;. The van der Waals surface area contributed by atoms with Gasteiger partial charge >= 0.3 is 0 Å². The van der Waals surface area contributed by atoms with E-state index in [0.29, 0.717) is 0 Å². The van der Waals surface area contributed by atoms with E-state index in [1.165, 1.54) is 36.0 Å². The molecule has 0 N–H and O–H groups in total. The molecule has 0 heterocycles. The summed E-state index contributed by atoms with van der Waals surface area (Å²) in [4.78, 5) is 0. The van der Waals surface area contributed by atoms with Crippen molar-refractivity contribution < 1.29 is 17.4 Å². The normalized spacial score (nSPS) is 8.74. The quantitative estimate of drug-likeness (QED) is 0.541. The van der Waals surface area contributed by atoms with Crippen LogP contribution in [0.15, 0.2) is 48.5 Å². The van der Waals surface area contributed by atoms with Gasteiger partial charge in [0.2, 0.25) is 0 Å². The predicted octanol–water partition coefficient (Wildman–Crippen LogP) is 6.66. The zero-order valence-electron chi connectivity index (χ0n) is 15.6. The Balaban J connectivity index is 0. The van der Waals surface area contributed by atoms with Gasteiger partial charge in [-0.05, 0) is 24.0 Å². The van der Waals surface area contributed by atoms with Gasteiger partial charge in [0.15, 0.2) is 0 Å². The third-order valence-electron chi connectivity index (χ3n) is 3.13. The van der Waals surface area contributed by atoms with E-state index >= 15 is 0 Å². The van der Waals surface area contributed by atoms with Crippen LogP contribution in [0.3, 0.4) is 0 Å². The first kappa shape index (κ1) is 24.2. The van der Waals surface area contributed by atoms with Crippen LogP contribution in [0.1, 0.15) is 64.2 Å². The first-order chi connectivity index (χ1) is 10.7. The summed E-state index contributed by atoms with van der Waals surface area (Å²) in [5.41, 5.74) is 4.30. The molecule has 0 aliphatic heterocycles. The summed E-state index contributed by atoms with van der Waals surface area (Å²) >= 11 is 0. The molecule has 2 aromatic rings. The minimum absolute atomic E-state index is 0. The van der Waals surface area contributed by atoms with Crippen molar-refractivity contribution in [2.24, 2.45) is 0 Å². The Labute approximate surface area is 155 Å². The second-order valence-corrected chi connectivity index (χ2v) is 5.39. The number of aryl methyl sites for hydroxylation is 3. The minimum Gasteiger partial charge on any atom is -0.184 e. The van der Waals surface area contributed by atoms with Gasteiger partial charge in [0, 0.05) is 17.4 Å². The maximum absolute atomic E-state index is 2.99. The summed E-state index contributed by atoms with van der Waals surface area (Å²) < 4.78 is 0. The zero-order chi connectivity index (χ0) is 16.6. The molecule has 128 valence electrons. The van der Waals surface area contributed by atoms with Crippen LogP contribution in [0.4, 0.5) is 0 Å². The molecule has 0 radical (unpaired) electrons. The molecule has 0 saturated carbocycles. The van der Waals surface area contributed by atoms with Crippen LogP contribution in [-0.4, -0.2) is 0 Å². The smallest absolute Gasteiger partial charge is 0 e. The predicted molar refractivity (Wildman–Crippen MR) is 100 cm³/mol. The van der Waals surface area contributed by atoms with Gasteiger partial charge in [0.1, 0.15) is 0 Å². The topological polar surface area (TPSA) is 0 Å². The van der Waals surface area contributed by atoms with E-state index in [0.717, 1.165) is 12.8 Å². The third-order valence-corrected chi connectivity index (χ3v) is 3.13. The van der Waals surface area contributed by atoms with E-state index in [1.54, 1.807) is 0 Å². The average Bonchev–Trinajstić information content (AvgIpc) is 2.57. The molecule has 0 amide bonds. The molecule has 2 rings (SSSR count). The van der Waals surface area contributed by atoms with Crippen LogP contribution in [0.2, 0.25) is 0 Å². The molecule has 0 fully saturated rings. The summed E-state index contributed by atoms with van der Waals surface area (Å²) in [7, 11) is 0. The monoisotopic (exact) mass is 349 g/mol. The molecule has 0 nitrogen and oxygen atoms in total. The molecule has 0 aromatic heterocycles. The van der Waals surface area contributed by atoms with E-state index in [2.05, 4.69) is 77.1 Å². The minimum atomic E-state index is 0. The van der Waals surface area contributed by atoms with Gasteiger partial charge in [-0.2, -0.15) is 35.9 Å². The van der Waals surface area contributed by atoms with Crippen molar-refractivity contribution in [3.63, 3.8) is 0 Å². The number of hydrogen-bond acceptors (Lipinski definition) is 0. The van der Waals surface area contributed by atoms with E-state index in [9.17, 15) is 0 Å². The van der Waals surface area contributed by atoms with Crippen LogP contribution in [0.25, 0.3) is 0 Å².